The highest BCUT2D eigenvalue weighted by molar-refractivity contribution is 6.42. The standard InChI is InChI=1S/C20H22Cl3NO3.C12H25NO2/c1-3-8-20(2,13-5-7-14(21)16(23)10-13)19(27)24-17(11-25)12-4-6-15(22)18(26)9-12;1-5-7-12(8-6-2)13(11(3)14)9-10-15-4/h4-7,9-10,17,25-26H,3,8,11H2,1-2H3,(H,24,27);12H,5-10H2,1-4H3/t17-,20?;/m0./s1. The van der Waals surface area contributed by atoms with E-state index in [1.54, 1.807) is 38.3 Å². The fourth-order valence-electron chi connectivity index (χ4n) is 4.94. The van der Waals surface area contributed by atoms with Gasteiger partial charge >= 0.3 is 0 Å². The summed E-state index contributed by atoms with van der Waals surface area (Å²) in [6.45, 7) is 10.8. The van der Waals surface area contributed by atoms with Crippen molar-refractivity contribution in [2.45, 2.75) is 90.6 Å². The number of hydrogen-bond donors (Lipinski definition) is 3. The first kappa shape index (κ1) is 38.0. The van der Waals surface area contributed by atoms with Crippen molar-refractivity contribution in [1.82, 2.24) is 10.2 Å². The fourth-order valence-corrected chi connectivity index (χ4v) is 5.35. The molecule has 2 amide bonds. The van der Waals surface area contributed by atoms with Crippen molar-refractivity contribution in [2.24, 2.45) is 0 Å². The summed E-state index contributed by atoms with van der Waals surface area (Å²) < 4.78 is 5.04. The third kappa shape index (κ3) is 11.2. The number of nitrogens with one attached hydrogen (secondary N) is 1. The lowest BCUT2D eigenvalue weighted by Crippen LogP contribution is -2.44. The molecule has 236 valence electrons. The van der Waals surface area contributed by atoms with E-state index in [1.165, 1.54) is 12.1 Å². The van der Waals surface area contributed by atoms with E-state index in [0.717, 1.165) is 44.2 Å². The maximum absolute atomic E-state index is 13.2. The maximum atomic E-state index is 13.2. The highest BCUT2D eigenvalue weighted by Crippen LogP contribution is 2.35. The number of rotatable bonds is 15. The van der Waals surface area contributed by atoms with Crippen molar-refractivity contribution in [2.75, 3.05) is 26.9 Å². The molecule has 0 radical (unpaired) electrons. The molecule has 0 aliphatic heterocycles. The summed E-state index contributed by atoms with van der Waals surface area (Å²) in [5.41, 5.74) is 0.442. The van der Waals surface area contributed by atoms with E-state index < -0.39 is 11.5 Å². The third-order valence-corrected chi connectivity index (χ3v) is 8.35. The highest BCUT2D eigenvalue weighted by Gasteiger charge is 2.36. The van der Waals surface area contributed by atoms with E-state index in [4.69, 9.17) is 39.5 Å². The van der Waals surface area contributed by atoms with Gasteiger partial charge in [0.1, 0.15) is 5.75 Å². The summed E-state index contributed by atoms with van der Waals surface area (Å²) in [5, 5.41) is 23.4. The number of aliphatic hydroxyl groups is 1. The highest BCUT2D eigenvalue weighted by atomic mass is 35.5. The van der Waals surface area contributed by atoms with Crippen molar-refractivity contribution >= 4 is 46.6 Å². The molecule has 2 atom stereocenters. The minimum atomic E-state index is -0.856. The number of methoxy groups -OCH3 is 1. The third-order valence-electron chi connectivity index (χ3n) is 7.29. The summed E-state index contributed by atoms with van der Waals surface area (Å²) in [6, 6.07) is 9.46. The molecule has 1 unspecified atom stereocenters. The number of aliphatic hydroxyl groups excluding tert-OH is 1. The number of nitrogens with zero attached hydrogens (tertiary/aromatic N) is 1. The largest absolute Gasteiger partial charge is 0.506 e. The van der Waals surface area contributed by atoms with E-state index >= 15 is 0 Å². The summed E-state index contributed by atoms with van der Waals surface area (Å²) in [5.74, 6) is -0.196. The molecule has 42 heavy (non-hydrogen) atoms. The smallest absolute Gasteiger partial charge is 0.230 e. The molecule has 0 saturated carbocycles. The Balaban J connectivity index is 0.000000501. The number of halogens is 3. The molecular weight excluding hydrogens is 599 g/mol. The van der Waals surface area contributed by atoms with E-state index in [0.29, 0.717) is 34.7 Å². The predicted molar refractivity (Wildman–Crippen MR) is 173 cm³/mol. The summed E-state index contributed by atoms with van der Waals surface area (Å²) >= 11 is 18.0. The van der Waals surface area contributed by atoms with E-state index in [2.05, 4.69) is 19.2 Å². The van der Waals surface area contributed by atoms with Gasteiger partial charge in [0.05, 0.1) is 39.7 Å². The van der Waals surface area contributed by atoms with Gasteiger partial charge in [-0.2, -0.15) is 0 Å². The molecule has 0 heterocycles. The first-order chi connectivity index (χ1) is 19.9. The number of ether oxygens (including phenoxy) is 1. The number of carbonyl (C=O) groups excluding carboxylic acids is 2. The molecule has 0 fully saturated rings. The van der Waals surface area contributed by atoms with Crippen LogP contribution >= 0.6 is 34.8 Å². The minimum absolute atomic E-state index is 0.109. The number of phenolic OH excluding ortho intramolecular Hbond substituents is 1. The molecule has 0 spiro atoms. The second-order valence-electron chi connectivity index (χ2n) is 10.6. The number of benzene rings is 2. The Labute approximate surface area is 266 Å². The topological polar surface area (TPSA) is 99.1 Å². The zero-order chi connectivity index (χ0) is 31.9. The van der Waals surface area contributed by atoms with E-state index in [9.17, 15) is 19.8 Å². The quantitative estimate of drug-likeness (QED) is 0.184. The van der Waals surface area contributed by atoms with Gasteiger partial charge < -0.3 is 25.2 Å². The van der Waals surface area contributed by atoms with Crippen molar-refractivity contribution in [3.63, 3.8) is 0 Å². The molecule has 0 bridgehead atoms. The molecule has 0 aromatic heterocycles. The summed E-state index contributed by atoms with van der Waals surface area (Å²) in [4.78, 5) is 26.6. The molecule has 0 aliphatic carbocycles. The number of amides is 2. The lowest BCUT2D eigenvalue weighted by molar-refractivity contribution is -0.132. The number of phenols is 1. The average molecular weight is 646 g/mol. The Hall–Kier alpha value is -2.03. The second kappa shape index (κ2) is 19.3. The Morgan fingerprint density at radius 1 is 0.976 bits per heavy atom. The van der Waals surface area contributed by atoms with Crippen LogP contribution < -0.4 is 5.32 Å². The molecule has 2 aromatic rings. The zero-order valence-electron chi connectivity index (χ0n) is 25.7. The molecule has 2 rings (SSSR count). The van der Waals surface area contributed by atoms with Crippen LogP contribution in [-0.4, -0.2) is 59.8 Å². The number of aromatic hydroxyl groups is 1. The van der Waals surface area contributed by atoms with Crippen molar-refractivity contribution in [3.8, 4) is 5.75 Å². The lowest BCUT2D eigenvalue weighted by Gasteiger charge is -2.31. The average Bonchev–Trinajstić information content (AvgIpc) is 2.95. The molecule has 0 aliphatic rings. The van der Waals surface area contributed by atoms with Gasteiger partial charge in [-0.3, -0.25) is 9.59 Å². The maximum Gasteiger partial charge on any atom is 0.230 e. The van der Waals surface area contributed by atoms with Crippen LogP contribution in [0.3, 0.4) is 0 Å². The lowest BCUT2D eigenvalue weighted by atomic mass is 9.77. The van der Waals surface area contributed by atoms with E-state index in [-0.39, 0.29) is 29.2 Å². The zero-order valence-corrected chi connectivity index (χ0v) is 28.0. The van der Waals surface area contributed by atoms with Crippen LogP contribution in [-0.2, 0) is 19.7 Å². The van der Waals surface area contributed by atoms with Crippen LogP contribution in [0, 0.1) is 0 Å². The number of carbonyl (C=O) groups is 2. The second-order valence-corrected chi connectivity index (χ2v) is 11.8. The molecule has 0 saturated heterocycles. The van der Waals surface area contributed by atoms with Gasteiger partial charge in [0.25, 0.3) is 0 Å². The summed E-state index contributed by atoms with van der Waals surface area (Å²) in [7, 11) is 1.67. The normalized spacial score (nSPS) is 13.1. The van der Waals surface area contributed by atoms with Gasteiger partial charge in [0, 0.05) is 26.6 Å². The Kier molecular flexibility index (Phi) is 17.4. The van der Waals surface area contributed by atoms with Crippen molar-refractivity contribution in [3.05, 3.63) is 62.6 Å². The SMILES string of the molecule is CCCC(C)(C(=O)N[C@@H](CO)c1ccc(Cl)c(O)c1)c1ccc(Cl)c(Cl)c1.CCCC(CCC)N(CCOC)C(C)=O. The van der Waals surface area contributed by atoms with Gasteiger partial charge in [-0.25, -0.2) is 0 Å². The van der Waals surface area contributed by atoms with Gasteiger partial charge in [-0.05, 0) is 61.6 Å². The summed E-state index contributed by atoms with van der Waals surface area (Å²) in [6.07, 6.45) is 5.80. The first-order valence-corrected chi connectivity index (χ1v) is 15.6. The van der Waals surface area contributed by atoms with Gasteiger partial charge in [-0.15, -0.1) is 0 Å². The van der Waals surface area contributed by atoms with Crippen LogP contribution in [0.1, 0.15) is 90.3 Å². The van der Waals surface area contributed by atoms with Crippen LogP contribution in [0.15, 0.2) is 36.4 Å². The minimum Gasteiger partial charge on any atom is -0.506 e. The first-order valence-electron chi connectivity index (χ1n) is 14.5. The Morgan fingerprint density at radius 3 is 2.07 bits per heavy atom. The van der Waals surface area contributed by atoms with Crippen LogP contribution in [0.25, 0.3) is 0 Å². The van der Waals surface area contributed by atoms with Crippen LogP contribution in [0.2, 0.25) is 15.1 Å². The van der Waals surface area contributed by atoms with Gasteiger partial charge in [-0.1, -0.05) is 87.0 Å². The van der Waals surface area contributed by atoms with Gasteiger partial charge in [0.2, 0.25) is 11.8 Å². The van der Waals surface area contributed by atoms with Crippen molar-refractivity contribution in [1.29, 1.82) is 0 Å². The molecule has 10 heteroatoms. The molecular formula is C32H47Cl3N2O5. The van der Waals surface area contributed by atoms with Crippen LogP contribution in [0.5, 0.6) is 5.75 Å². The monoisotopic (exact) mass is 644 g/mol. The van der Waals surface area contributed by atoms with Gasteiger partial charge in [0.15, 0.2) is 0 Å². The Morgan fingerprint density at radius 2 is 1.60 bits per heavy atom. The Bertz CT molecular complexity index is 1130. The van der Waals surface area contributed by atoms with Crippen LogP contribution in [0.4, 0.5) is 0 Å². The molecule has 3 N–H and O–H groups in total. The number of hydrogen-bond acceptors (Lipinski definition) is 5. The molecule has 7 nitrogen and oxygen atoms in total. The fraction of sp³-hybridized carbons (Fsp3) is 0.562. The van der Waals surface area contributed by atoms with Crippen molar-refractivity contribution < 1.29 is 24.5 Å². The van der Waals surface area contributed by atoms with E-state index in [1.807, 2.05) is 18.7 Å². The predicted octanol–water partition coefficient (Wildman–Crippen LogP) is 7.71. The molecule has 2 aromatic carbocycles.